The fraction of sp³-hybridized carbons (Fsp3) is 0.350. The molecular formula is C20H22F3NO2. The molecule has 1 aliphatic rings. The number of alkyl halides is 3. The minimum atomic E-state index is -4.18. The maximum absolute atomic E-state index is 11.8. The molecule has 0 amide bonds. The predicted molar refractivity (Wildman–Crippen MR) is 95.1 cm³/mol. The van der Waals surface area contributed by atoms with Crippen LogP contribution in [0.1, 0.15) is 42.4 Å². The van der Waals surface area contributed by atoms with E-state index in [2.05, 4.69) is 18.7 Å². The highest BCUT2D eigenvalue weighted by atomic mass is 19.4. The van der Waals surface area contributed by atoms with Crippen LogP contribution in [-0.2, 0) is 11.2 Å². The summed E-state index contributed by atoms with van der Waals surface area (Å²) in [5.41, 5.74) is 9.48. The van der Waals surface area contributed by atoms with E-state index in [-0.39, 0.29) is 0 Å². The SMILES string of the molecule is CCCCc1cccc2c1C(C(=O)O)c1ccccc1-2.NCC(F)(F)F. The van der Waals surface area contributed by atoms with Crippen molar-refractivity contribution < 1.29 is 23.1 Å². The number of benzene rings is 2. The first-order valence-corrected chi connectivity index (χ1v) is 8.50. The number of hydrogen-bond acceptors (Lipinski definition) is 2. The standard InChI is InChI=1S/C18H18O2.C2H4F3N/c1-2-3-7-12-8-6-11-14-13-9-4-5-10-15(13)17(16(12)14)18(19)20;3-2(4,5)1-6/h4-6,8-11,17H,2-3,7H2,1H3,(H,19,20);1,6H2. The first-order chi connectivity index (χ1) is 12.3. The molecule has 0 radical (unpaired) electrons. The average molecular weight is 365 g/mol. The molecule has 26 heavy (non-hydrogen) atoms. The summed E-state index contributed by atoms with van der Waals surface area (Å²) in [5, 5.41) is 9.66. The summed E-state index contributed by atoms with van der Waals surface area (Å²) in [6.45, 7) is 0.930. The van der Waals surface area contributed by atoms with Gasteiger partial charge < -0.3 is 10.8 Å². The van der Waals surface area contributed by atoms with Crippen LogP contribution in [0.5, 0.6) is 0 Å². The van der Waals surface area contributed by atoms with E-state index in [0.717, 1.165) is 41.5 Å². The molecule has 0 fully saturated rings. The first kappa shape index (κ1) is 20.0. The molecule has 3 N–H and O–H groups in total. The molecule has 1 unspecified atom stereocenters. The van der Waals surface area contributed by atoms with Crippen molar-refractivity contribution >= 4 is 5.97 Å². The number of halogens is 3. The quantitative estimate of drug-likeness (QED) is 0.823. The molecule has 0 aromatic heterocycles. The lowest BCUT2D eigenvalue weighted by atomic mass is 9.91. The van der Waals surface area contributed by atoms with E-state index >= 15 is 0 Å². The molecule has 1 aliphatic carbocycles. The van der Waals surface area contributed by atoms with Crippen LogP contribution in [0.3, 0.4) is 0 Å². The van der Waals surface area contributed by atoms with Gasteiger partial charge in [0, 0.05) is 0 Å². The Labute approximate surface area is 150 Å². The molecule has 3 nitrogen and oxygen atoms in total. The zero-order chi connectivity index (χ0) is 19.3. The molecule has 140 valence electrons. The zero-order valence-electron chi connectivity index (χ0n) is 14.5. The third-order valence-corrected chi connectivity index (χ3v) is 4.33. The van der Waals surface area contributed by atoms with Gasteiger partial charge in [-0.2, -0.15) is 13.2 Å². The van der Waals surface area contributed by atoms with E-state index in [9.17, 15) is 23.1 Å². The van der Waals surface area contributed by atoms with Crippen LogP contribution in [0, 0.1) is 0 Å². The maximum Gasteiger partial charge on any atom is 0.400 e. The topological polar surface area (TPSA) is 63.3 Å². The molecule has 3 rings (SSSR count). The van der Waals surface area contributed by atoms with E-state index in [0.29, 0.717) is 0 Å². The zero-order valence-corrected chi connectivity index (χ0v) is 14.5. The van der Waals surface area contributed by atoms with Gasteiger partial charge in [-0.1, -0.05) is 55.8 Å². The summed E-state index contributed by atoms with van der Waals surface area (Å²) in [7, 11) is 0. The molecule has 1 atom stereocenters. The second-order valence-electron chi connectivity index (χ2n) is 6.16. The Bertz CT molecular complexity index is 772. The Morgan fingerprint density at radius 3 is 2.31 bits per heavy atom. The number of aliphatic carboxylic acids is 1. The first-order valence-electron chi connectivity index (χ1n) is 8.50. The van der Waals surface area contributed by atoms with Crippen molar-refractivity contribution in [2.24, 2.45) is 5.73 Å². The Hall–Kier alpha value is -2.34. The largest absolute Gasteiger partial charge is 0.481 e. The number of fused-ring (bicyclic) bond motifs is 3. The maximum atomic E-state index is 11.8. The number of carboxylic acids is 1. The van der Waals surface area contributed by atoms with Crippen molar-refractivity contribution in [1.82, 2.24) is 0 Å². The molecule has 0 spiro atoms. The second-order valence-corrected chi connectivity index (χ2v) is 6.16. The Kier molecular flexibility index (Phi) is 6.42. The number of carboxylic acid groups (broad SMARTS) is 1. The molecule has 2 aromatic rings. The Morgan fingerprint density at radius 2 is 1.73 bits per heavy atom. The summed E-state index contributed by atoms with van der Waals surface area (Å²) >= 11 is 0. The van der Waals surface area contributed by atoms with Crippen molar-refractivity contribution in [2.45, 2.75) is 38.3 Å². The minimum absolute atomic E-state index is 0.505. The smallest absolute Gasteiger partial charge is 0.400 e. The van der Waals surface area contributed by atoms with Crippen LogP contribution in [0.4, 0.5) is 13.2 Å². The molecular weight excluding hydrogens is 343 g/mol. The van der Waals surface area contributed by atoms with Gasteiger partial charge in [0.05, 0.1) is 6.54 Å². The number of unbranched alkanes of at least 4 members (excludes halogenated alkanes) is 1. The molecule has 0 aliphatic heterocycles. The number of hydrogen-bond donors (Lipinski definition) is 2. The van der Waals surface area contributed by atoms with E-state index in [1.54, 1.807) is 0 Å². The number of aryl methyl sites for hydroxylation is 1. The predicted octanol–water partition coefficient (Wildman–Crippen LogP) is 4.73. The van der Waals surface area contributed by atoms with Gasteiger partial charge in [0.2, 0.25) is 0 Å². The number of carbonyl (C=O) groups is 1. The molecule has 0 saturated heterocycles. The van der Waals surface area contributed by atoms with Crippen LogP contribution in [0.15, 0.2) is 42.5 Å². The normalized spacial score (nSPS) is 14.9. The van der Waals surface area contributed by atoms with E-state index in [4.69, 9.17) is 0 Å². The van der Waals surface area contributed by atoms with Gasteiger partial charge in [0.1, 0.15) is 5.92 Å². The van der Waals surface area contributed by atoms with Gasteiger partial charge in [0.25, 0.3) is 0 Å². The highest BCUT2D eigenvalue weighted by Gasteiger charge is 2.35. The van der Waals surface area contributed by atoms with Crippen LogP contribution < -0.4 is 5.73 Å². The minimum Gasteiger partial charge on any atom is -0.481 e. The number of nitrogens with two attached hydrogens (primary N) is 1. The number of rotatable bonds is 4. The third-order valence-electron chi connectivity index (χ3n) is 4.33. The third kappa shape index (κ3) is 4.43. The summed E-state index contributed by atoms with van der Waals surface area (Å²) < 4.78 is 32.0. The van der Waals surface area contributed by atoms with Crippen LogP contribution in [-0.4, -0.2) is 23.8 Å². The van der Waals surface area contributed by atoms with Crippen LogP contribution in [0.25, 0.3) is 11.1 Å². The molecule has 0 saturated carbocycles. The second kappa shape index (κ2) is 8.36. The van der Waals surface area contributed by atoms with Crippen molar-refractivity contribution in [3.05, 3.63) is 59.2 Å². The highest BCUT2D eigenvalue weighted by Crippen LogP contribution is 2.46. The molecule has 0 heterocycles. The lowest BCUT2D eigenvalue weighted by Crippen LogP contribution is -2.21. The van der Waals surface area contributed by atoms with Crippen molar-refractivity contribution in [1.29, 1.82) is 0 Å². The molecule has 2 aromatic carbocycles. The fourth-order valence-corrected chi connectivity index (χ4v) is 3.18. The van der Waals surface area contributed by atoms with E-state index in [1.165, 1.54) is 5.56 Å². The van der Waals surface area contributed by atoms with Gasteiger partial charge in [-0.05, 0) is 40.7 Å². The summed E-state index contributed by atoms with van der Waals surface area (Å²) in [6, 6.07) is 14.0. The molecule has 6 heteroatoms. The van der Waals surface area contributed by atoms with E-state index < -0.39 is 24.6 Å². The average Bonchev–Trinajstić information content (AvgIpc) is 2.95. The molecule has 0 bridgehead atoms. The van der Waals surface area contributed by atoms with Gasteiger partial charge in [-0.25, -0.2) is 0 Å². The Balaban J connectivity index is 0.000000352. The highest BCUT2D eigenvalue weighted by molar-refractivity contribution is 5.93. The van der Waals surface area contributed by atoms with Crippen molar-refractivity contribution in [3.8, 4) is 11.1 Å². The lowest BCUT2D eigenvalue weighted by Gasteiger charge is -2.13. The van der Waals surface area contributed by atoms with Gasteiger partial charge in [0.15, 0.2) is 0 Å². The Morgan fingerprint density at radius 1 is 1.12 bits per heavy atom. The fourth-order valence-electron chi connectivity index (χ4n) is 3.18. The van der Waals surface area contributed by atoms with Gasteiger partial charge in [-0.15, -0.1) is 0 Å². The lowest BCUT2D eigenvalue weighted by molar-refractivity contribution is -0.137. The van der Waals surface area contributed by atoms with Crippen molar-refractivity contribution in [2.75, 3.05) is 6.54 Å². The monoisotopic (exact) mass is 365 g/mol. The summed E-state index contributed by atoms with van der Waals surface area (Å²) in [4.78, 5) is 11.8. The van der Waals surface area contributed by atoms with Gasteiger partial charge in [-0.3, -0.25) is 4.79 Å². The van der Waals surface area contributed by atoms with Gasteiger partial charge >= 0.3 is 12.1 Å². The summed E-state index contributed by atoms with van der Waals surface area (Å²) in [5.74, 6) is -1.26. The van der Waals surface area contributed by atoms with Crippen LogP contribution >= 0.6 is 0 Å². The van der Waals surface area contributed by atoms with E-state index in [1.807, 2.05) is 36.4 Å². The van der Waals surface area contributed by atoms with Crippen LogP contribution in [0.2, 0.25) is 0 Å². The van der Waals surface area contributed by atoms with Crippen molar-refractivity contribution in [3.63, 3.8) is 0 Å². The summed E-state index contributed by atoms with van der Waals surface area (Å²) in [6.07, 6.45) is -1.01.